The molecule has 1 amide bonds. The highest BCUT2D eigenvalue weighted by Crippen LogP contribution is 2.23. The first-order valence-corrected chi connectivity index (χ1v) is 7.06. The van der Waals surface area contributed by atoms with Crippen LogP contribution >= 0.6 is 0 Å². The fourth-order valence-electron chi connectivity index (χ4n) is 2.43. The third kappa shape index (κ3) is 3.22. The number of benzene rings is 1. The Kier molecular flexibility index (Phi) is 4.09. The van der Waals surface area contributed by atoms with E-state index in [0.29, 0.717) is 31.7 Å². The molecule has 1 aliphatic heterocycles. The van der Waals surface area contributed by atoms with Gasteiger partial charge in [-0.15, -0.1) is 5.10 Å². The van der Waals surface area contributed by atoms with Crippen LogP contribution < -0.4 is 15.5 Å². The number of rotatable bonds is 4. The lowest BCUT2D eigenvalue weighted by Gasteiger charge is -2.35. The molecule has 1 fully saturated rings. The SMILES string of the molecule is NC(=O)c1ccc(N2CCN(c3nnc(C(F)F)o3)CC2)cc1. The summed E-state index contributed by atoms with van der Waals surface area (Å²) < 4.78 is 29.9. The number of carbonyl (C=O) groups is 1. The molecule has 0 saturated carbocycles. The fraction of sp³-hybridized carbons (Fsp3) is 0.357. The summed E-state index contributed by atoms with van der Waals surface area (Å²) in [4.78, 5) is 15.0. The third-order valence-corrected chi connectivity index (χ3v) is 3.68. The molecule has 23 heavy (non-hydrogen) atoms. The molecule has 122 valence electrons. The van der Waals surface area contributed by atoms with Gasteiger partial charge in [-0.1, -0.05) is 5.10 Å². The molecule has 2 N–H and O–H groups in total. The summed E-state index contributed by atoms with van der Waals surface area (Å²) in [6, 6.07) is 7.13. The molecule has 9 heteroatoms. The zero-order valence-corrected chi connectivity index (χ0v) is 12.2. The summed E-state index contributed by atoms with van der Waals surface area (Å²) in [5.41, 5.74) is 6.63. The van der Waals surface area contributed by atoms with Crippen LogP contribution in [0.25, 0.3) is 0 Å². The second-order valence-corrected chi connectivity index (χ2v) is 5.11. The van der Waals surface area contributed by atoms with Gasteiger partial charge in [-0.25, -0.2) is 0 Å². The molecule has 0 bridgehead atoms. The number of hydrogen-bond acceptors (Lipinski definition) is 6. The van der Waals surface area contributed by atoms with Gasteiger partial charge < -0.3 is 20.0 Å². The Morgan fingerprint density at radius 2 is 1.70 bits per heavy atom. The zero-order chi connectivity index (χ0) is 16.4. The number of nitrogens with two attached hydrogens (primary N) is 1. The van der Waals surface area contributed by atoms with Gasteiger partial charge >= 0.3 is 12.4 Å². The molecule has 1 aromatic carbocycles. The van der Waals surface area contributed by atoms with Gasteiger partial charge in [-0.3, -0.25) is 4.79 Å². The van der Waals surface area contributed by atoms with E-state index < -0.39 is 18.2 Å². The molecule has 0 atom stereocenters. The molecule has 2 aromatic rings. The predicted molar refractivity (Wildman–Crippen MR) is 78.6 cm³/mol. The molecule has 0 unspecified atom stereocenters. The Balaban J connectivity index is 1.62. The lowest BCUT2D eigenvalue weighted by molar-refractivity contribution is 0.1000. The maximum atomic E-state index is 12.5. The Bertz CT molecular complexity index is 681. The van der Waals surface area contributed by atoms with Gasteiger partial charge in [0.05, 0.1) is 0 Å². The van der Waals surface area contributed by atoms with Gasteiger partial charge in [-0.2, -0.15) is 8.78 Å². The molecular formula is C14H15F2N5O2. The number of aromatic nitrogens is 2. The van der Waals surface area contributed by atoms with Crippen LogP contribution in [0.5, 0.6) is 0 Å². The average Bonchev–Trinajstić information content (AvgIpc) is 3.05. The van der Waals surface area contributed by atoms with Crippen molar-refractivity contribution in [3.63, 3.8) is 0 Å². The van der Waals surface area contributed by atoms with Crippen molar-refractivity contribution in [2.45, 2.75) is 6.43 Å². The number of nitrogens with zero attached hydrogens (tertiary/aromatic N) is 4. The minimum atomic E-state index is -2.76. The summed E-state index contributed by atoms with van der Waals surface area (Å²) in [7, 11) is 0. The Labute approximate surface area is 130 Å². The lowest BCUT2D eigenvalue weighted by atomic mass is 10.1. The highest BCUT2D eigenvalue weighted by Gasteiger charge is 2.23. The highest BCUT2D eigenvalue weighted by atomic mass is 19.3. The monoisotopic (exact) mass is 323 g/mol. The summed E-state index contributed by atoms with van der Waals surface area (Å²) in [5.74, 6) is -1.13. The van der Waals surface area contributed by atoms with E-state index in [2.05, 4.69) is 15.1 Å². The quantitative estimate of drug-likeness (QED) is 0.916. The number of alkyl halides is 2. The molecule has 0 spiro atoms. The van der Waals surface area contributed by atoms with E-state index in [0.717, 1.165) is 5.69 Å². The molecular weight excluding hydrogens is 308 g/mol. The number of anilines is 2. The van der Waals surface area contributed by atoms with Crippen LogP contribution in [0.15, 0.2) is 28.7 Å². The van der Waals surface area contributed by atoms with E-state index >= 15 is 0 Å². The first-order valence-electron chi connectivity index (χ1n) is 7.06. The van der Waals surface area contributed by atoms with Crippen molar-refractivity contribution in [2.75, 3.05) is 36.0 Å². The molecule has 2 heterocycles. The van der Waals surface area contributed by atoms with Crippen LogP contribution in [0.4, 0.5) is 20.5 Å². The van der Waals surface area contributed by atoms with Gasteiger partial charge in [0.15, 0.2) is 0 Å². The number of amides is 1. The van der Waals surface area contributed by atoms with Crippen molar-refractivity contribution in [3.8, 4) is 0 Å². The lowest BCUT2D eigenvalue weighted by Crippen LogP contribution is -2.46. The van der Waals surface area contributed by atoms with Crippen LogP contribution in [-0.4, -0.2) is 42.3 Å². The third-order valence-electron chi connectivity index (χ3n) is 3.68. The van der Waals surface area contributed by atoms with E-state index in [1.165, 1.54) is 0 Å². The number of primary amides is 1. The second kappa shape index (κ2) is 6.19. The van der Waals surface area contributed by atoms with Crippen LogP contribution in [0.3, 0.4) is 0 Å². The van der Waals surface area contributed by atoms with E-state index in [-0.39, 0.29) is 6.01 Å². The van der Waals surface area contributed by atoms with Gasteiger partial charge in [-0.05, 0) is 24.3 Å². The van der Waals surface area contributed by atoms with Crippen LogP contribution in [0.2, 0.25) is 0 Å². The largest absolute Gasteiger partial charge is 0.402 e. The van der Waals surface area contributed by atoms with E-state index in [4.69, 9.17) is 10.2 Å². The van der Waals surface area contributed by atoms with E-state index in [1.807, 2.05) is 12.1 Å². The Morgan fingerprint density at radius 3 is 2.22 bits per heavy atom. The first kappa shape index (κ1) is 15.2. The van der Waals surface area contributed by atoms with Crippen molar-refractivity contribution in [1.82, 2.24) is 10.2 Å². The highest BCUT2D eigenvalue weighted by molar-refractivity contribution is 5.93. The summed E-state index contributed by atoms with van der Waals surface area (Å²) in [5, 5.41) is 6.98. The molecule has 1 aliphatic rings. The normalized spacial score (nSPS) is 15.3. The minimum Gasteiger partial charge on any atom is -0.402 e. The van der Waals surface area contributed by atoms with Crippen molar-refractivity contribution in [3.05, 3.63) is 35.7 Å². The van der Waals surface area contributed by atoms with Crippen LogP contribution in [-0.2, 0) is 0 Å². The predicted octanol–water partition coefficient (Wildman–Crippen LogP) is 1.43. The second-order valence-electron chi connectivity index (χ2n) is 5.11. The average molecular weight is 323 g/mol. The van der Waals surface area contributed by atoms with Gasteiger partial charge in [0, 0.05) is 37.4 Å². The number of hydrogen-bond donors (Lipinski definition) is 1. The molecule has 1 saturated heterocycles. The number of carbonyl (C=O) groups excluding carboxylic acids is 1. The molecule has 0 aliphatic carbocycles. The van der Waals surface area contributed by atoms with E-state index in [9.17, 15) is 13.6 Å². The van der Waals surface area contributed by atoms with Crippen LogP contribution in [0, 0.1) is 0 Å². The maximum Gasteiger partial charge on any atom is 0.318 e. The number of halogens is 2. The molecule has 1 aromatic heterocycles. The molecule has 7 nitrogen and oxygen atoms in total. The van der Waals surface area contributed by atoms with Gasteiger partial charge in [0.2, 0.25) is 5.91 Å². The Morgan fingerprint density at radius 1 is 1.09 bits per heavy atom. The minimum absolute atomic E-state index is 0.115. The first-order chi connectivity index (χ1) is 11.0. The maximum absolute atomic E-state index is 12.5. The Hall–Kier alpha value is -2.71. The van der Waals surface area contributed by atoms with Crippen LogP contribution in [0.1, 0.15) is 22.7 Å². The summed E-state index contributed by atoms with van der Waals surface area (Å²) in [6.45, 7) is 2.48. The zero-order valence-electron chi connectivity index (χ0n) is 12.2. The number of piperazine rings is 1. The summed E-state index contributed by atoms with van der Waals surface area (Å²) in [6.07, 6.45) is -2.76. The van der Waals surface area contributed by atoms with Crippen molar-refractivity contribution in [1.29, 1.82) is 0 Å². The van der Waals surface area contributed by atoms with E-state index in [1.54, 1.807) is 17.0 Å². The topological polar surface area (TPSA) is 88.5 Å². The van der Waals surface area contributed by atoms with Crippen molar-refractivity contribution in [2.24, 2.45) is 5.73 Å². The van der Waals surface area contributed by atoms with Gasteiger partial charge in [0.25, 0.3) is 5.89 Å². The smallest absolute Gasteiger partial charge is 0.318 e. The standard InChI is InChI=1S/C14H15F2N5O2/c15-11(16)13-18-19-14(23-13)21-7-5-20(6-8-21)10-3-1-9(2-4-10)12(17)22/h1-4,11H,5-8H2,(H2,17,22). The molecule has 3 rings (SSSR count). The van der Waals surface area contributed by atoms with Gasteiger partial charge in [0.1, 0.15) is 0 Å². The summed E-state index contributed by atoms with van der Waals surface area (Å²) >= 11 is 0. The van der Waals surface area contributed by atoms with Crippen molar-refractivity contribution >= 4 is 17.6 Å². The molecule has 0 radical (unpaired) electrons. The fourth-order valence-corrected chi connectivity index (χ4v) is 2.43. The van der Waals surface area contributed by atoms with Crippen molar-refractivity contribution < 1.29 is 18.0 Å².